The van der Waals surface area contributed by atoms with Crippen molar-refractivity contribution in [3.05, 3.63) is 59.7 Å². The summed E-state index contributed by atoms with van der Waals surface area (Å²) in [6.45, 7) is 3.57. The van der Waals surface area contributed by atoms with Gasteiger partial charge >= 0.3 is 0 Å². The summed E-state index contributed by atoms with van der Waals surface area (Å²) in [5.74, 6) is 0.901. The standard InChI is InChI=1S/C22H23N3O3/c1-28-16-8-6-15(7-9-16)24-11-22(12-24)13-25(14-22)20(26)10-19-17-4-2-3-5-18(17)21(27)23-19/h2-9,19H,10-14H2,1H3,(H,23,27). The van der Waals surface area contributed by atoms with Crippen LogP contribution >= 0.6 is 0 Å². The van der Waals surface area contributed by atoms with Crippen molar-refractivity contribution in [2.24, 2.45) is 5.41 Å². The molecule has 3 aliphatic rings. The molecule has 5 rings (SSSR count). The van der Waals surface area contributed by atoms with Crippen LogP contribution in [0.2, 0.25) is 0 Å². The van der Waals surface area contributed by atoms with Crippen LogP contribution in [0.25, 0.3) is 0 Å². The maximum Gasteiger partial charge on any atom is 0.252 e. The molecule has 28 heavy (non-hydrogen) atoms. The van der Waals surface area contributed by atoms with Gasteiger partial charge in [-0.2, -0.15) is 0 Å². The van der Waals surface area contributed by atoms with Crippen molar-refractivity contribution in [3.8, 4) is 5.75 Å². The van der Waals surface area contributed by atoms with E-state index in [0.29, 0.717) is 12.0 Å². The molecule has 1 spiro atoms. The Labute approximate surface area is 164 Å². The number of likely N-dealkylation sites (tertiary alicyclic amines) is 1. The summed E-state index contributed by atoms with van der Waals surface area (Å²) in [7, 11) is 1.67. The van der Waals surface area contributed by atoms with Crippen LogP contribution in [0.5, 0.6) is 5.75 Å². The number of rotatable bonds is 4. The van der Waals surface area contributed by atoms with Crippen LogP contribution in [0.3, 0.4) is 0 Å². The fraction of sp³-hybridized carbons (Fsp3) is 0.364. The number of nitrogens with one attached hydrogen (secondary N) is 1. The molecule has 2 amide bonds. The number of amides is 2. The first kappa shape index (κ1) is 17.1. The van der Waals surface area contributed by atoms with Gasteiger partial charge in [0.05, 0.1) is 19.6 Å². The van der Waals surface area contributed by atoms with Gasteiger partial charge in [-0.3, -0.25) is 9.59 Å². The molecule has 2 fully saturated rings. The third kappa shape index (κ3) is 2.71. The monoisotopic (exact) mass is 377 g/mol. The van der Waals surface area contributed by atoms with Gasteiger partial charge in [0.1, 0.15) is 5.75 Å². The van der Waals surface area contributed by atoms with E-state index in [9.17, 15) is 9.59 Å². The first-order valence-corrected chi connectivity index (χ1v) is 9.63. The van der Waals surface area contributed by atoms with Gasteiger partial charge in [0, 0.05) is 42.8 Å². The highest BCUT2D eigenvalue weighted by Crippen LogP contribution is 2.42. The topological polar surface area (TPSA) is 61.9 Å². The number of carbonyl (C=O) groups excluding carboxylic acids is 2. The minimum Gasteiger partial charge on any atom is -0.497 e. The molecule has 1 N–H and O–H groups in total. The summed E-state index contributed by atoms with van der Waals surface area (Å²) >= 11 is 0. The number of benzene rings is 2. The van der Waals surface area contributed by atoms with E-state index in [-0.39, 0.29) is 23.3 Å². The molecule has 0 aliphatic carbocycles. The van der Waals surface area contributed by atoms with Crippen LogP contribution in [-0.4, -0.2) is 50.0 Å². The molecule has 2 saturated heterocycles. The number of nitrogens with zero attached hydrogens (tertiary/aromatic N) is 2. The summed E-state index contributed by atoms with van der Waals surface area (Å²) in [5, 5.41) is 2.93. The second-order valence-corrected chi connectivity index (χ2v) is 8.12. The van der Waals surface area contributed by atoms with Gasteiger partial charge in [-0.05, 0) is 35.9 Å². The molecule has 3 heterocycles. The highest BCUT2D eigenvalue weighted by molar-refractivity contribution is 5.99. The van der Waals surface area contributed by atoms with Crippen molar-refractivity contribution < 1.29 is 14.3 Å². The Bertz CT molecular complexity index is 926. The summed E-state index contributed by atoms with van der Waals surface area (Å²) in [5.41, 5.74) is 3.05. The average Bonchev–Trinajstić information content (AvgIpc) is 2.96. The number of hydrogen-bond acceptors (Lipinski definition) is 4. The molecule has 0 saturated carbocycles. The minimum atomic E-state index is -0.204. The summed E-state index contributed by atoms with van der Waals surface area (Å²) in [4.78, 5) is 29.0. The Balaban J connectivity index is 1.15. The summed E-state index contributed by atoms with van der Waals surface area (Å²) < 4.78 is 5.21. The zero-order valence-corrected chi connectivity index (χ0v) is 15.9. The van der Waals surface area contributed by atoms with E-state index >= 15 is 0 Å². The lowest BCUT2D eigenvalue weighted by Gasteiger charge is -2.61. The molecule has 0 bridgehead atoms. The van der Waals surface area contributed by atoms with Gasteiger partial charge in [-0.1, -0.05) is 18.2 Å². The average molecular weight is 377 g/mol. The SMILES string of the molecule is COc1ccc(N2CC3(CN(C(=O)CC4NC(=O)c5ccccc54)C3)C2)cc1. The largest absolute Gasteiger partial charge is 0.497 e. The molecule has 1 unspecified atom stereocenters. The zero-order chi connectivity index (χ0) is 19.3. The highest BCUT2D eigenvalue weighted by Gasteiger charge is 2.53. The summed E-state index contributed by atoms with van der Waals surface area (Å²) in [6, 6.07) is 15.4. The fourth-order valence-electron chi connectivity index (χ4n) is 4.66. The number of methoxy groups -OCH3 is 1. The Hall–Kier alpha value is -3.02. The van der Waals surface area contributed by atoms with Crippen molar-refractivity contribution in [3.63, 3.8) is 0 Å². The number of hydrogen-bond donors (Lipinski definition) is 1. The number of fused-ring (bicyclic) bond motifs is 1. The lowest BCUT2D eigenvalue weighted by Crippen LogP contribution is -2.73. The lowest BCUT2D eigenvalue weighted by atomic mass is 9.72. The van der Waals surface area contributed by atoms with Gasteiger partial charge in [0.2, 0.25) is 5.91 Å². The van der Waals surface area contributed by atoms with Gasteiger partial charge in [0.25, 0.3) is 5.91 Å². The predicted molar refractivity (Wildman–Crippen MR) is 105 cm³/mol. The molecular weight excluding hydrogens is 354 g/mol. The normalized spacial score (nSPS) is 21.6. The van der Waals surface area contributed by atoms with Crippen molar-refractivity contribution >= 4 is 17.5 Å². The molecule has 6 nitrogen and oxygen atoms in total. The molecule has 3 aliphatic heterocycles. The molecule has 0 radical (unpaired) electrons. The van der Waals surface area contributed by atoms with Gasteiger partial charge in [-0.15, -0.1) is 0 Å². The number of carbonyl (C=O) groups is 2. The van der Waals surface area contributed by atoms with E-state index < -0.39 is 0 Å². The Morgan fingerprint density at radius 2 is 1.82 bits per heavy atom. The van der Waals surface area contributed by atoms with E-state index in [1.165, 1.54) is 5.69 Å². The lowest BCUT2D eigenvalue weighted by molar-refractivity contribution is -0.145. The minimum absolute atomic E-state index is 0.0809. The second kappa shape index (κ2) is 6.26. The fourth-order valence-corrected chi connectivity index (χ4v) is 4.66. The molecule has 2 aromatic rings. The maximum atomic E-state index is 12.7. The molecule has 6 heteroatoms. The van der Waals surface area contributed by atoms with E-state index in [0.717, 1.165) is 37.5 Å². The third-order valence-corrected chi connectivity index (χ3v) is 6.16. The Morgan fingerprint density at radius 3 is 2.54 bits per heavy atom. The van der Waals surface area contributed by atoms with Crippen LogP contribution in [0.1, 0.15) is 28.4 Å². The molecule has 2 aromatic carbocycles. The first-order valence-electron chi connectivity index (χ1n) is 9.63. The highest BCUT2D eigenvalue weighted by atomic mass is 16.5. The molecule has 1 atom stereocenters. The van der Waals surface area contributed by atoms with Crippen LogP contribution in [0, 0.1) is 5.41 Å². The second-order valence-electron chi connectivity index (χ2n) is 8.12. The van der Waals surface area contributed by atoms with Crippen molar-refractivity contribution in [1.82, 2.24) is 10.2 Å². The number of ether oxygens (including phenoxy) is 1. The van der Waals surface area contributed by atoms with E-state index in [2.05, 4.69) is 22.3 Å². The third-order valence-electron chi connectivity index (χ3n) is 6.16. The predicted octanol–water partition coefficient (Wildman–Crippen LogP) is 2.22. The van der Waals surface area contributed by atoms with Gasteiger partial charge in [0.15, 0.2) is 0 Å². The van der Waals surface area contributed by atoms with Crippen molar-refractivity contribution in [1.29, 1.82) is 0 Å². The van der Waals surface area contributed by atoms with E-state index in [4.69, 9.17) is 4.74 Å². The van der Waals surface area contributed by atoms with Crippen molar-refractivity contribution in [2.75, 3.05) is 38.2 Å². The first-order chi connectivity index (χ1) is 13.6. The maximum absolute atomic E-state index is 12.7. The van der Waals surface area contributed by atoms with Crippen LogP contribution in [0.15, 0.2) is 48.5 Å². The zero-order valence-electron chi connectivity index (χ0n) is 15.9. The molecular formula is C22H23N3O3. The Morgan fingerprint density at radius 1 is 1.11 bits per heavy atom. The van der Waals surface area contributed by atoms with E-state index in [1.807, 2.05) is 41.3 Å². The summed E-state index contributed by atoms with van der Waals surface area (Å²) in [6.07, 6.45) is 0.334. The molecule has 144 valence electrons. The van der Waals surface area contributed by atoms with Crippen LogP contribution in [-0.2, 0) is 4.79 Å². The Kier molecular flexibility index (Phi) is 3.82. The quantitative estimate of drug-likeness (QED) is 0.888. The number of anilines is 1. The van der Waals surface area contributed by atoms with Crippen molar-refractivity contribution in [2.45, 2.75) is 12.5 Å². The smallest absolute Gasteiger partial charge is 0.252 e. The molecule has 0 aromatic heterocycles. The van der Waals surface area contributed by atoms with E-state index in [1.54, 1.807) is 7.11 Å². The van der Waals surface area contributed by atoms with Gasteiger partial charge in [-0.25, -0.2) is 0 Å². The van der Waals surface area contributed by atoms with Crippen LogP contribution in [0.4, 0.5) is 5.69 Å². The van der Waals surface area contributed by atoms with Gasteiger partial charge < -0.3 is 19.9 Å². The van der Waals surface area contributed by atoms with Crippen LogP contribution < -0.4 is 15.0 Å².